The summed E-state index contributed by atoms with van der Waals surface area (Å²) in [5, 5.41) is 8.42. The number of rotatable bonds is 10. The van der Waals surface area contributed by atoms with Crippen LogP contribution in [0.15, 0.2) is 0 Å². The number of nitrogens with one attached hydrogen (secondary N) is 2. The molecular formula is C19H40N2S2. The molecule has 4 heteroatoms. The Morgan fingerprint density at radius 3 is 2.00 bits per heavy atom. The molecule has 2 N–H and O–H groups in total. The molecule has 0 amide bonds. The highest BCUT2D eigenvalue weighted by Crippen LogP contribution is 2.29. The number of hydrogen-bond acceptors (Lipinski definition) is 4. The predicted octanol–water partition coefficient (Wildman–Crippen LogP) is 4.93. The van der Waals surface area contributed by atoms with E-state index in [-0.39, 0.29) is 16.6 Å². The summed E-state index contributed by atoms with van der Waals surface area (Å²) in [5.74, 6) is 3.57. The Bertz CT molecular complexity index is 329. The van der Waals surface area contributed by atoms with E-state index in [9.17, 15) is 0 Å². The van der Waals surface area contributed by atoms with E-state index in [1.54, 1.807) is 0 Å². The molecule has 1 aliphatic rings. The molecule has 0 spiro atoms. The van der Waals surface area contributed by atoms with Gasteiger partial charge in [0.2, 0.25) is 0 Å². The van der Waals surface area contributed by atoms with Crippen molar-refractivity contribution in [3.8, 4) is 0 Å². The fourth-order valence-corrected chi connectivity index (χ4v) is 5.85. The summed E-state index contributed by atoms with van der Waals surface area (Å²) in [5.41, 5.74) is 0.575. The van der Waals surface area contributed by atoms with Gasteiger partial charge in [0.05, 0.1) is 0 Å². The second kappa shape index (κ2) is 9.35. The highest BCUT2D eigenvalue weighted by molar-refractivity contribution is 8.00. The zero-order chi connectivity index (χ0) is 17.6. The Hall–Kier alpha value is 0.620. The molecular weight excluding hydrogens is 320 g/mol. The molecule has 1 aliphatic carbocycles. The molecule has 0 aromatic heterocycles. The molecule has 1 rings (SSSR count). The van der Waals surface area contributed by atoms with E-state index < -0.39 is 0 Å². The minimum absolute atomic E-state index is 0.176. The van der Waals surface area contributed by atoms with E-state index in [0.29, 0.717) is 0 Å². The maximum atomic E-state index is 3.76. The smallest absolute Gasteiger partial charge is 0.0220 e. The molecule has 0 unspecified atom stereocenters. The van der Waals surface area contributed by atoms with Crippen molar-refractivity contribution >= 4 is 23.5 Å². The van der Waals surface area contributed by atoms with Crippen LogP contribution in [0, 0.1) is 0 Å². The first-order chi connectivity index (χ1) is 10.5. The van der Waals surface area contributed by atoms with E-state index >= 15 is 0 Å². The van der Waals surface area contributed by atoms with E-state index in [1.165, 1.54) is 31.4 Å². The maximum absolute atomic E-state index is 3.76. The van der Waals surface area contributed by atoms with Gasteiger partial charge in [-0.05, 0) is 61.3 Å². The third-order valence-corrected chi connectivity index (χ3v) is 7.23. The van der Waals surface area contributed by atoms with Crippen LogP contribution in [0.2, 0.25) is 0 Å². The minimum Gasteiger partial charge on any atom is -0.310 e. The zero-order valence-electron chi connectivity index (χ0n) is 16.6. The average Bonchev–Trinajstić information content (AvgIpc) is 2.84. The number of thioether (sulfide) groups is 2. The topological polar surface area (TPSA) is 24.1 Å². The summed E-state index contributed by atoms with van der Waals surface area (Å²) in [6.45, 7) is 17.2. The molecule has 0 radical (unpaired) electrons. The van der Waals surface area contributed by atoms with Gasteiger partial charge in [0, 0.05) is 45.7 Å². The van der Waals surface area contributed by atoms with Crippen LogP contribution in [0.4, 0.5) is 0 Å². The van der Waals surface area contributed by atoms with Crippen LogP contribution in [0.3, 0.4) is 0 Å². The molecule has 1 saturated carbocycles. The Kier molecular flexibility index (Phi) is 8.81. The third kappa shape index (κ3) is 11.0. The van der Waals surface area contributed by atoms with Gasteiger partial charge in [0.15, 0.2) is 0 Å². The summed E-state index contributed by atoms with van der Waals surface area (Å²) >= 11 is 4.24. The Morgan fingerprint density at radius 2 is 1.43 bits per heavy atom. The summed E-state index contributed by atoms with van der Waals surface area (Å²) < 4.78 is 0. The van der Waals surface area contributed by atoms with Crippen molar-refractivity contribution in [2.45, 2.75) is 96.0 Å². The first-order valence-corrected chi connectivity index (χ1v) is 11.4. The van der Waals surface area contributed by atoms with Crippen LogP contribution in [0.5, 0.6) is 0 Å². The zero-order valence-corrected chi connectivity index (χ0v) is 18.2. The molecule has 0 atom stereocenters. The van der Waals surface area contributed by atoms with Crippen LogP contribution in [-0.4, -0.2) is 45.7 Å². The lowest BCUT2D eigenvalue weighted by molar-refractivity contribution is 0.307. The number of hydrogen-bond donors (Lipinski definition) is 2. The van der Waals surface area contributed by atoms with Crippen LogP contribution >= 0.6 is 23.5 Å². The molecule has 0 saturated heterocycles. The van der Waals surface area contributed by atoms with E-state index in [1.807, 2.05) is 0 Å². The van der Waals surface area contributed by atoms with Crippen molar-refractivity contribution in [1.29, 1.82) is 0 Å². The summed E-state index contributed by atoms with van der Waals surface area (Å²) in [4.78, 5) is 0. The molecule has 0 aliphatic heterocycles. The van der Waals surface area contributed by atoms with Crippen molar-refractivity contribution < 1.29 is 0 Å². The normalized spacial score (nSPS) is 17.9. The second-order valence-electron chi connectivity index (χ2n) is 9.34. The van der Waals surface area contributed by atoms with Crippen molar-refractivity contribution in [3.63, 3.8) is 0 Å². The lowest BCUT2D eigenvalue weighted by Gasteiger charge is -2.35. The summed E-state index contributed by atoms with van der Waals surface area (Å²) in [7, 11) is 0. The van der Waals surface area contributed by atoms with E-state index in [2.05, 4.69) is 82.6 Å². The molecule has 138 valence electrons. The average molecular weight is 361 g/mol. The van der Waals surface area contributed by atoms with Crippen LogP contribution in [0.1, 0.15) is 74.1 Å². The van der Waals surface area contributed by atoms with Crippen molar-refractivity contribution in [3.05, 3.63) is 0 Å². The predicted molar refractivity (Wildman–Crippen MR) is 111 cm³/mol. The molecule has 0 aromatic carbocycles. The highest BCUT2D eigenvalue weighted by atomic mass is 32.2. The lowest BCUT2D eigenvalue weighted by Crippen LogP contribution is -2.52. The second-order valence-corrected chi connectivity index (χ2v) is 11.7. The van der Waals surface area contributed by atoms with Crippen molar-refractivity contribution in [2.75, 3.05) is 23.8 Å². The lowest BCUT2D eigenvalue weighted by atomic mass is 10.0. The van der Waals surface area contributed by atoms with Gasteiger partial charge in [-0.15, -0.1) is 0 Å². The Labute approximate surface area is 154 Å². The Balaban J connectivity index is 2.16. The van der Waals surface area contributed by atoms with Gasteiger partial charge in [0.25, 0.3) is 0 Å². The fraction of sp³-hybridized carbons (Fsp3) is 1.00. The van der Waals surface area contributed by atoms with E-state index in [4.69, 9.17) is 0 Å². The van der Waals surface area contributed by atoms with Gasteiger partial charge in [-0.2, -0.15) is 23.5 Å². The summed E-state index contributed by atoms with van der Waals surface area (Å²) in [6, 6.07) is 0. The van der Waals surface area contributed by atoms with Crippen LogP contribution in [-0.2, 0) is 0 Å². The quantitative estimate of drug-likeness (QED) is 0.539. The van der Waals surface area contributed by atoms with Gasteiger partial charge in [-0.1, -0.05) is 12.8 Å². The largest absolute Gasteiger partial charge is 0.310 e. The molecule has 0 heterocycles. The molecule has 1 fully saturated rings. The van der Waals surface area contributed by atoms with Gasteiger partial charge < -0.3 is 10.6 Å². The van der Waals surface area contributed by atoms with Gasteiger partial charge in [0.1, 0.15) is 0 Å². The van der Waals surface area contributed by atoms with Crippen molar-refractivity contribution in [1.82, 2.24) is 10.6 Å². The SMILES string of the molecule is CC(C)(C)NC(C)(C)CSCC(C)(C)NCCSC1CCCC1. The minimum atomic E-state index is 0.176. The third-order valence-electron chi connectivity index (χ3n) is 4.00. The molecule has 23 heavy (non-hydrogen) atoms. The molecule has 2 nitrogen and oxygen atoms in total. The first-order valence-electron chi connectivity index (χ1n) is 9.23. The van der Waals surface area contributed by atoms with Gasteiger partial charge in [-0.25, -0.2) is 0 Å². The van der Waals surface area contributed by atoms with Gasteiger partial charge >= 0.3 is 0 Å². The highest BCUT2D eigenvalue weighted by Gasteiger charge is 2.25. The van der Waals surface area contributed by atoms with E-state index in [0.717, 1.165) is 23.3 Å². The maximum Gasteiger partial charge on any atom is 0.0220 e. The standard InChI is InChI=1S/C19H40N2S2/c1-17(2,3)21-19(6,7)15-22-14-18(4,5)20-12-13-23-16-10-8-9-11-16/h16,20-21H,8-15H2,1-7H3. The summed E-state index contributed by atoms with van der Waals surface area (Å²) in [6.07, 6.45) is 5.79. The Morgan fingerprint density at radius 1 is 0.870 bits per heavy atom. The van der Waals surface area contributed by atoms with Crippen LogP contribution < -0.4 is 10.6 Å². The first kappa shape index (κ1) is 21.7. The van der Waals surface area contributed by atoms with Crippen molar-refractivity contribution in [2.24, 2.45) is 0 Å². The fourth-order valence-electron chi connectivity index (χ4n) is 3.33. The monoisotopic (exact) mass is 360 g/mol. The molecule has 0 aromatic rings. The van der Waals surface area contributed by atoms with Gasteiger partial charge in [-0.3, -0.25) is 0 Å². The van der Waals surface area contributed by atoms with Crippen LogP contribution in [0.25, 0.3) is 0 Å². The molecule has 0 bridgehead atoms.